The molecule has 2 fully saturated rings. The van der Waals surface area contributed by atoms with Crippen molar-refractivity contribution < 1.29 is 9.18 Å². The molecule has 3 nitrogen and oxygen atoms in total. The first-order chi connectivity index (χ1) is 12.7. The van der Waals surface area contributed by atoms with Crippen LogP contribution in [0.2, 0.25) is 0 Å². The number of hydrogen-bond acceptors (Lipinski definition) is 2. The van der Waals surface area contributed by atoms with Gasteiger partial charge in [0.15, 0.2) is 0 Å². The van der Waals surface area contributed by atoms with Crippen LogP contribution in [-0.2, 0) is 4.79 Å². The van der Waals surface area contributed by atoms with Crippen LogP contribution in [0.25, 0.3) is 0 Å². The third-order valence-electron chi connectivity index (χ3n) is 5.75. The van der Waals surface area contributed by atoms with E-state index >= 15 is 0 Å². The minimum Gasteiger partial charge on any atom is -0.340 e. The molecule has 4 heteroatoms. The Balaban J connectivity index is 1.52. The Morgan fingerprint density at radius 3 is 2.08 bits per heavy atom. The van der Waals surface area contributed by atoms with E-state index in [9.17, 15) is 9.18 Å². The van der Waals surface area contributed by atoms with Gasteiger partial charge in [-0.3, -0.25) is 9.69 Å². The molecule has 4 rings (SSSR count). The smallest absolute Gasteiger partial charge is 0.225 e. The molecule has 1 aliphatic carbocycles. The molecule has 0 bridgehead atoms. The fourth-order valence-electron chi connectivity index (χ4n) is 4.01. The molecule has 2 aromatic carbocycles. The summed E-state index contributed by atoms with van der Waals surface area (Å²) in [5, 5.41) is 0. The van der Waals surface area contributed by atoms with E-state index in [2.05, 4.69) is 17.0 Å². The van der Waals surface area contributed by atoms with E-state index in [0.717, 1.165) is 44.6 Å². The second-order valence-electron chi connectivity index (χ2n) is 7.35. The van der Waals surface area contributed by atoms with Crippen LogP contribution in [0.1, 0.15) is 36.4 Å². The van der Waals surface area contributed by atoms with Crippen molar-refractivity contribution in [1.29, 1.82) is 0 Å². The van der Waals surface area contributed by atoms with Gasteiger partial charge in [-0.2, -0.15) is 0 Å². The molecular formula is C22H25FN2O. The highest BCUT2D eigenvalue weighted by molar-refractivity contribution is 5.79. The van der Waals surface area contributed by atoms with Gasteiger partial charge in [0.2, 0.25) is 5.91 Å². The summed E-state index contributed by atoms with van der Waals surface area (Å²) in [5.41, 5.74) is 2.30. The van der Waals surface area contributed by atoms with E-state index in [-0.39, 0.29) is 17.8 Å². The van der Waals surface area contributed by atoms with Gasteiger partial charge in [-0.1, -0.05) is 48.9 Å². The number of rotatable bonds is 4. The number of amides is 1. The molecule has 1 saturated heterocycles. The Kier molecular flexibility index (Phi) is 5.02. The van der Waals surface area contributed by atoms with Crippen molar-refractivity contribution in [3.8, 4) is 0 Å². The molecule has 1 aliphatic heterocycles. The van der Waals surface area contributed by atoms with E-state index in [1.54, 1.807) is 0 Å². The molecule has 1 atom stereocenters. The van der Waals surface area contributed by atoms with E-state index in [1.807, 2.05) is 35.2 Å². The topological polar surface area (TPSA) is 23.6 Å². The zero-order chi connectivity index (χ0) is 17.9. The van der Waals surface area contributed by atoms with Crippen LogP contribution in [-0.4, -0.2) is 41.9 Å². The standard InChI is InChI=1S/C22H25FN2O/c23-20-11-9-18(10-12-20)21(17-5-2-1-3-6-17)24-13-15-25(16-14-24)22(26)19-7-4-8-19/h1-3,5-6,9-12,19,21H,4,7-8,13-16H2. The molecule has 0 aromatic heterocycles. The normalized spacial score (nSPS) is 19.8. The fraction of sp³-hybridized carbons (Fsp3) is 0.409. The Morgan fingerprint density at radius 2 is 1.50 bits per heavy atom. The predicted octanol–water partition coefficient (Wildman–Crippen LogP) is 3.86. The first-order valence-corrected chi connectivity index (χ1v) is 9.55. The van der Waals surface area contributed by atoms with Gasteiger partial charge in [-0.05, 0) is 36.1 Å². The quantitative estimate of drug-likeness (QED) is 0.834. The van der Waals surface area contributed by atoms with Crippen molar-refractivity contribution in [3.05, 3.63) is 71.5 Å². The van der Waals surface area contributed by atoms with Gasteiger partial charge in [-0.25, -0.2) is 4.39 Å². The maximum absolute atomic E-state index is 13.4. The molecular weight excluding hydrogens is 327 g/mol. The van der Waals surface area contributed by atoms with Crippen LogP contribution in [0.5, 0.6) is 0 Å². The van der Waals surface area contributed by atoms with E-state index in [1.165, 1.54) is 24.1 Å². The Hall–Kier alpha value is -2.20. The predicted molar refractivity (Wildman–Crippen MR) is 100 cm³/mol. The fourth-order valence-corrected chi connectivity index (χ4v) is 4.01. The number of carbonyl (C=O) groups is 1. The molecule has 26 heavy (non-hydrogen) atoms. The van der Waals surface area contributed by atoms with Crippen molar-refractivity contribution >= 4 is 5.91 Å². The number of piperazine rings is 1. The van der Waals surface area contributed by atoms with Gasteiger partial charge in [-0.15, -0.1) is 0 Å². The second kappa shape index (κ2) is 7.58. The van der Waals surface area contributed by atoms with Crippen molar-refractivity contribution in [2.45, 2.75) is 25.3 Å². The van der Waals surface area contributed by atoms with Crippen LogP contribution >= 0.6 is 0 Å². The lowest BCUT2D eigenvalue weighted by Gasteiger charge is -2.41. The molecule has 0 spiro atoms. The Morgan fingerprint density at radius 1 is 0.885 bits per heavy atom. The average molecular weight is 352 g/mol. The molecule has 1 saturated carbocycles. The van der Waals surface area contributed by atoms with Crippen LogP contribution in [0, 0.1) is 11.7 Å². The van der Waals surface area contributed by atoms with E-state index in [0.29, 0.717) is 5.91 Å². The zero-order valence-electron chi connectivity index (χ0n) is 15.0. The summed E-state index contributed by atoms with van der Waals surface area (Å²) in [6, 6.07) is 17.3. The van der Waals surface area contributed by atoms with Gasteiger partial charge >= 0.3 is 0 Å². The van der Waals surface area contributed by atoms with E-state index in [4.69, 9.17) is 0 Å². The maximum Gasteiger partial charge on any atom is 0.225 e. The SMILES string of the molecule is O=C(C1CCC1)N1CCN(C(c2ccccc2)c2ccc(F)cc2)CC1. The maximum atomic E-state index is 13.4. The molecule has 1 unspecified atom stereocenters. The Labute approximate surface area is 154 Å². The number of hydrogen-bond donors (Lipinski definition) is 0. The zero-order valence-corrected chi connectivity index (χ0v) is 15.0. The lowest BCUT2D eigenvalue weighted by atomic mass is 9.84. The monoisotopic (exact) mass is 352 g/mol. The van der Waals surface area contributed by atoms with Crippen LogP contribution in [0.3, 0.4) is 0 Å². The number of benzene rings is 2. The average Bonchev–Trinajstić information content (AvgIpc) is 2.64. The molecule has 1 amide bonds. The first-order valence-electron chi connectivity index (χ1n) is 9.55. The van der Waals surface area contributed by atoms with Gasteiger partial charge in [0.25, 0.3) is 0 Å². The van der Waals surface area contributed by atoms with Gasteiger partial charge in [0, 0.05) is 32.1 Å². The summed E-state index contributed by atoms with van der Waals surface area (Å²) in [5.74, 6) is 0.397. The number of nitrogens with zero attached hydrogens (tertiary/aromatic N) is 2. The number of halogens is 1. The van der Waals surface area contributed by atoms with Crippen molar-refractivity contribution in [1.82, 2.24) is 9.80 Å². The van der Waals surface area contributed by atoms with Crippen LogP contribution < -0.4 is 0 Å². The molecule has 136 valence electrons. The summed E-state index contributed by atoms with van der Waals surface area (Å²) >= 11 is 0. The van der Waals surface area contributed by atoms with Crippen molar-refractivity contribution in [3.63, 3.8) is 0 Å². The van der Waals surface area contributed by atoms with Crippen LogP contribution in [0.15, 0.2) is 54.6 Å². The second-order valence-corrected chi connectivity index (χ2v) is 7.35. The summed E-state index contributed by atoms with van der Waals surface area (Å²) in [6.07, 6.45) is 3.31. The van der Waals surface area contributed by atoms with E-state index < -0.39 is 0 Å². The van der Waals surface area contributed by atoms with Crippen LogP contribution in [0.4, 0.5) is 4.39 Å². The van der Waals surface area contributed by atoms with Gasteiger partial charge in [0.1, 0.15) is 5.82 Å². The molecule has 2 aliphatic rings. The highest BCUT2D eigenvalue weighted by atomic mass is 19.1. The van der Waals surface area contributed by atoms with Crippen molar-refractivity contribution in [2.75, 3.05) is 26.2 Å². The highest BCUT2D eigenvalue weighted by Crippen LogP contribution is 2.32. The van der Waals surface area contributed by atoms with Gasteiger partial charge < -0.3 is 4.90 Å². The molecule has 0 radical (unpaired) electrons. The molecule has 1 heterocycles. The lowest BCUT2D eigenvalue weighted by Crippen LogP contribution is -2.52. The number of carbonyl (C=O) groups excluding carboxylic acids is 1. The third kappa shape index (κ3) is 3.51. The Bertz CT molecular complexity index is 734. The minimum atomic E-state index is -0.212. The lowest BCUT2D eigenvalue weighted by molar-refractivity contribution is -0.140. The largest absolute Gasteiger partial charge is 0.340 e. The summed E-state index contributed by atoms with van der Waals surface area (Å²) in [7, 11) is 0. The molecule has 2 aromatic rings. The highest BCUT2D eigenvalue weighted by Gasteiger charge is 2.33. The summed E-state index contributed by atoms with van der Waals surface area (Å²) < 4.78 is 13.4. The summed E-state index contributed by atoms with van der Waals surface area (Å²) in [4.78, 5) is 16.9. The van der Waals surface area contributed by atoms with Gasteiger partial charge in [0.05, 0.1) is 6.04 Å². The first kappa shape index (κ1) is 17.2. The van der Waals surface area contributed by atoms with Crippen molar-refractivity contribution in [2.24, 2.45) is 5.92 Å². The molecule has 0 N–H and O–H groups in total. The summed E-state index contributed by atoms with van der Waals surface area (Å²) in [6.45, 7) is 3.24. The third-order valence-corrected chi connectivity index (χ3v) is 5.75. The minimum absolute atomic E-state index is 0.0951.